The molecule has 1 aliphatic carbocycles. The van der Waals surface area contributed by atoms with E-state index in [1.54, 1.807) is 35.0 Å². The van der Waals surface area contributed by atoms with Crippen molar-refractivity contribution in [3.63, 3.8) is 0 Å². The molecule has 37 heavy (non-hydrogen) atoms. The highest BCUT2D eigenvalue weighted by atomic mass is 19.4. The number of amides is 1. The molecule has 198 valence electrons. The molecule has 2 fully saturated rings. The fraction of sp³-hybridized carbons (Fsp3) is 0.462. The molecule has 2 aromatic heterocycles. The third-order valence-electron chi connectivity index (χ3n) is 6.80. The maximum absolute atomic E-state index is 12.9. The van der Waals surface area contributed by atoms with E-state index in [9.17, 15) is 23.1 Å². The third kappa shape index (κ3) is 5.76. The molecule has 11 heteroatoms. The van der Waals surface area contributed by atoms with Gasteiger partial charge in [-0.1, -0.05) is 6.42 Å². The summed E-state index contributed by atoms with van der Waals surface area (Å²) in [6.45, 7) is -0.357. The molecule has 0 bridgehead atoms. The first kappa shape index (κ1) is 25.2. The summed E-state index contributed by atoms with van der Waals surface area (Å²) < 4.78 is 51.9. The van der Waals surface area contributed by atoms with Gasteiger partial charge in [0.2, 0.25) is 0 Å². The maximum Gasteiger partial charge on any atom is 0.401 e. The van der Waals surface area contributed by atoms with Gasteiger partial charge in [-0.05, 0) is 50.4 Å². The van der Waals surface area contributed by atoms with Crippen LogP contribution in [0.25, 0.3) is 16.9 Å². The summed E-state index contributed by atoms with van der Waals surface area (Å²) in [6.07, 6.45) is 3.27. The van der Waals surface area contributed by atoms with E-state index in [4.69, 9.17) is 9.47 Å². The summed E-state index contributed by atoms with van der Waals surface area (Å²) in [5.41, 5.74) is 1.92. The Morgan fingerprint density at radius 2 is 2.03 bits per heavy atom. The van der Waals surface area contributed by atoms with Crippen LogP contribution in [0.2, 0.25) is 0 Å². The highest BCUT2D eigenvalue weighted by molar-refractivity contribution is 6.00. The van der Waals surface area contributed by atoms with E-state index in [0.717, 1.165) is 25.7 Å². The number of pyridine rings is 1. The van der Waals surface area contributed by atoms with Crippen molar-refractivity contribution in [1.29, 1.82) is 0 Å². The molecule has 1 saturated heterocycles. The first-order chi connectivity index (χ1) is 17.7. The molecule has 1 saturated carbocycles. The number of imidazole rings is 1. The van der Waals surface area contributed by atoms with Crippen molar-refractivity contribution in [3.8, 4) is 28.5 Å². The second-order valence-electron chi connectivity index (χ2n) is 9.60. The number of nitrogens with one attached hydrogen (secondary N) is 1. The summed E-state index contributed by atoms with van der Waals surface area (Å²) in [7, 11) is 1.44. The van der Waals surface area contributed by atoms with Gasteiger partial charge in [-0.25, -0.2) is 4.98 Å². The minimum Gasteiger partial charge on any atom is -0.507 e. The number of phenols is 1. The third-order valence-corrected chi connectivity index (χ3v) is 6.80. The number of fused-ring (bicyclic) bond motifs is 1. The predicted molar refractivity (Wildman–Crippen MR) is 130 cm³/mol. The Labute approximate surface area is 212 Å². The smallest absolute Gasteiger partial charge is 0.401 e. The summed E-state index contributed by atoms with van der Waals surface area (Å²) >= 11 is 0. The molecule has 1 aromatic carbocycles. The molecule has 1 aliphatic heterocycles. The zero-order valence-electron chi connectivity index (χ0n) is 20.4. The van der Waals surface area contributed by atoms with Crippen molar-refractivity contribution in [3.05, 3.63) is 42.2 Å². The van der Waals surface area contributed by atoms with Crippen LogP contribution in [-0.2, 0) is 0 Å². The number of alkyl halides is 3. The van der Waals surface area contributed by atoms with Crippen LogP contribution in [0.15, 0.2) is 36.7 Å². The predicted octanol–water partition coefficient (Wildman–Crippen LogP) is 4.40. The zero-order chi connectivity index (χ0) is 26.2. The molecule has 8 nitrogen and oxygen atoms in total. The molecular weight excluding hydrogens is 489 g/mol. The summed E-state index contributed by atoms with van der Waals surface area (Å²) in [6, 6.07) is 6.45. The molecule has 1 atom stereocenters. The Balaban J connectivity index is 1.33. The van der Waals surface area contributed by atoms with Crippen LogP contribution in [-0.4, -0.2) is 70.4 Å². The van der Waals surface area contributed by atoms with Crippen LogP contribution in [0.3, 0.4) is 0 Å². The van der Waals surface area contributed by atoms with Gasteiger partial charge in [-0.2, -0.15) is 13.2 Å². The second kappa shape index (κ2) is 10.1. The Kier molecular flexibility index (Phi) is 6.89. The minimum absolute atomic E-state index is 0.0879. The first-order valence-electron chi connectivity index (χ1n) is 12.3. The number of aromatic hydroxyl groups is 1. The van der Waals surface area contributed by atoms with Crippen LogP contribution >= 0.6 is 0 Å². The monoisotopic (exact) mass is 518 g/mol. The average Bonchev–Trinajstić information content (AvgIpc) is 3.56. The fourth-order valence-corrected chi connectivity index (χ4v) is 4.77. The molecule has 3 heterocycles. The minimum atomic E-state index is -4.24. The highest BCUT2D eigenvalue weighted by Crippen LogP contribution is 2.36. The van der Waals surface area contributed by atoms with Crippen molar-refractivity contribution in [2.24, 2.45) is 0 Å². The van der Waals surface area contributed by atoms with Crippen LogP contribution in [0, 0.1) is 0 Å². The number of rotatable bonds is 8. The van der Waals surface area contributed by atoms with Gasteiger partial charge in [-0.3, -0.25) is 14.1 Å². The van der Waals surface area contributed by atoms with Gasteiger partial charge in [0.1, 0.15) is 35.1 Å². The zero-order valence-corrected chi connectivity index (χ0v) is 20.4. The molecule has 2 aliphatic rings. The van der Waals surface area contributed by atoms with Gasteiger partial charge >= 0.3 is 6.18 Å². The van der Waals surface area contributed by atoms with Crippen molar-refractivity contribution in [2.75, 3.05) is 26.8 Å². The molecule has 1 amide bonds. The van der Waals surface area contributed by atoms with Gasteiger partial charge in [0, 0.05) is 29.9 Å². The average molecular weight is 519 g/mol. The van der Waals surface area contributed by atoms with E-state index < -0.39 is 12.7 Å². The van der Waals surface area contributed by atoms with Crippen molar-refractivity contribution < 1.29 is 32.5 Å². The Morgan fingerprint density at radius 1 is 1.22 bits per heavy atom. The molecule has 1 unspecified atom stereocenters. The number of carbonyl (C=O) groups is 1. The normalized spacial score (nSPS) is 18.6. The highest BCUT2D eigenvalue weighted by Gasteiger charge is 2.35. The van der Waals surface area contributed by atoms with E-state index >= 15 is 0 Å². The topological polar surface area (TPSA) is 88.3 Å². The number of hydrogen-bond acceptors (Lipinski definition) is 6. The van der Waals surface area contributed by atoms with E-state index in [0.29, 0.717) is 35.6 Å². The van der Waals surface area contributed by atoms with Crippen LogP contribution in [0.4, 0.5) is 13.2 Å². The largest absolute Gasteiger partial charge is 0.507 e. The number of halogens is 3. The quantitative estimate of drug-likeness (QED) is 0.460. The lowest BCUT2D eigenvalue weighted by Crippen LogP contribution is -2.47. The number of ether oxygens (including phenoxy) is 2. The number of phenolic OH excluding ortho intramolecular Hbond substituents is 1. The Hall–Kier alpha value is -3.47. The number of carbonyl (C=O) groups excluding carboxylic acids is 1. The lowest BCUT2D eigenvalue weighted by atomic mass is 10.0. The molecule has 0 radical (unpaired) electrons. The molecule has 0 spiro atoms. The lowest BCUT2D eigenvalue weighted by Gasteiger charge is -2.35. The first-order valence-corrected chi connectivity index (χ1v) is 12.3. The van der Waals surface area contributed by atoms with Crippen molar-refractivity contribution in [2.45, 2.75) is 50.4 Å². The molecular formula is C26H29F3N4O4. The molecule has 3 aromatic rings. The number of benzene rings is 1. The number of likely N-dealkylation sites (tertiary alicyclic amines) is 1. The fourth-order valence-electron chi connectivity index (χ4n) is 4.77. The maximum atomic E-state index is 12.9. The standard InChI is InChI=1S/C26H29F3N4O4/c1-36-22-11-16(10-21(34)24(22)25(35)31-17-5-6-17)20-13-30-23-12-19(7-9-33(20)23)37-14-18-4-2-3-8-32(18)15-26(27,28)29/h7,9-13,17-18,34H,2-6,8,14-15H2,1H3,(H,31,35). The van der Waals surface area contributed by atoms with Crippen LogP contribution < -0.4 is 14.8 Å². The van der Waals surface area contributed by atoms with Gasteiger partial charge in [-0.15, -0.1) is 0 Å². The number of aromatic nitrogens is 2. The summed E-state index contributed by atoms with van der Waals surface area (Å²) in [4.78, 5) is 18.4. The Bertz CT molecular complexity index is 1290. The Morgan fingerprint density at radius 3 is 2.76 bits per heavy atom. The van der Waals surface area contributed by atoms with E-state index in [1.807, 2.05) is 0 Å². The molecule has 2 N–H and O–H groups in total. The van der Waals surface area contributed by atoms with E-state index in [2.05, 4.69) is 10.3 Å². The van der Waals surface area contributed by atoms with Gasteiger partial charge in [0.25, 0.3) is 5.91 Å². The number of piperidine rings is 1. The number of hydrogen-bond donors (Lipinski definition) is 2. The summed E-state index contributed by atoms with van der Waals surface area (Å²) in [5.74, 6) is 0.182. The van der Waals surface area contributed by atoms with E-state index in [1.165, 1.54) is 18.1 Å². The van der Waals surface area contributed by atoms with Crippen LogP contribution in [0.5, 0.6) is 17.2 Å². The molecule has 5 rings (SSSR count). The lowest BCUT2D eigenvalue weighted by molar-refractivity contribution is -0.154. The number of methoxy groups -OCH3 is 1. The van der Waals surface area contributed by atoms with Gasteiger partial charge < -0.3 is 19.9 Å². The summed E-state index contributed by atoms with van der Waals surface area (Å²) in [5, 5.41) is 13.5. The second-order valence-corrected chi connectivity index (χ2v) is 9.60. The van der Waals surface area contributed by atoms with Crippen molar-refractivity contribution in [1.82, 2.24) is 19.6 Å². The van der Waals surface area contributed by atoms with Crippen LogP contribution in [0.1, 0.15) is 42.5 Å². The van der Waals surface area contributed by atoms with Gasteiger partial charge in [0.15, 0.2) is 0 Å². The van der Waals surface area contributed by atoms with Gasteiger partial charge in [0.05, 0.1) is 25.5 Å². The SMILES string of the molecule is COc1cc(-c2cnc3cc(OCC4CCCCN4CC(F)(F)F)ccn23)cc(O)c1C(=O)NC1CC1. The number of nitrogens with zero attached hydrogens (tertiary/aromatic N) is 3. The van der Waals surface area contributed by atoms with Crippen molar-refractivity contribution >= 4 is 11.6 Å². The van der Waals surface area contributed by atoms with E-state index in [-0.39, 0.29) is 41.7 Å².